The molecule has 0 aromatic carbocycles. The molecule has 1 fully saturated rings. The summed E-state index contributed by atoms with van der Waals surface area (Å²) >= 11 is 5.36. The first-order valence-electron chi connectivity index (χ1n) is 25.7. The highest BCUT2D eigenvalue weighted by molar-refractivity contribution is 7.80. The molecule has 1 heterocycles. The van der Waals surface area contributed by atoms with Gasteiger partial charge in [0.1, 0.15) is 0 Å². The van der Waals surface area contributed by atoms with Crippen molar-refractivity contribution < 1.29 is 42.9 Å². The lowest BCUT2D eigenvalue weighted by Gasteiger charge is -2.26. The molecule has 0 saturated carbocycles. The molecule has 0 aromatic rings. The number of carbonyl (C=O) groups excluding carboxylic acids is 4. The van der Waals surface area contributed by atoms with Crippen LogP contribution in [0.1, 0.15) is 232 Å². The van der Waals surface area contributed by atoms with Crippen LogP contribution in [-0.2, 0) is 42.9 Å². The molecule has 1 aliphatic heterocycles. The van der Waals surface area contributed by atoms with Crippen LogP contribution in [0.15, 0.2) is 0 Å². The van der Waals surface area contributed by atoms with Gasteiger partial charge in [-0.1, -0.05) is 162 Å². The second-order valence-electron chi connectivity index (χ2n) is 17.4. The molecule has 0 unspecified atom stereocenters. The Labute approximate surface area is 383 Å². The Balaban J connectivity index is 2.25. The molecule has 0 aliphatic carbocycles. The zero-order valence-electron chi connectivity index (χ0n) is 39.8. The number of esters is 4. The summed E-state index contributed by atoms with van der Waals surface area (Å²) in [5, 5.41) is 3.01. The minimum atomic E-state index is -1.59. The van der Waals surface area contributed by atoms with Gasteiger partial charge >= 0.3 is 23.9 Å². The second kappa shape index (κ2) is 43.8. The molecule has 0 spiro atoms. The molecule has 0 aromatic heterocycles. The maximum absolute atomic E-state index is 13.1. The van der Waals surface area contributed by atoms with Crippen LogP contribution in [0.5, 0.6) is 0 Å². The molecule has 1 rings (SSSR count). The van der Waals surface area contributed by atoms with E-state index in [0.717, 1.165) is 103 Å². The van der Waals surface area contributed by atoms with Gasteiger partial charge in [-0.3, -0.25) is 9.59 Å². The summed E-state index contributed by atoms with van der Waals surface area (Å²) in [6.07, 6.45) is 34.3. The maximum Gasteiger partial charge on any atom is 0.359 e. The Bertz CT molecular complexity index is 1040. The van der Waals surface area contributed by atoms with Crippen molar-refractivity contribution >= 4 is 41.3 Å². The molecule has 11 nitrogen and oxygen atoms in total. The summed E-state index contributed by atoms with van der Waals surface area (Å²) in [7, 11) is 0. The molecule has 0 bridgehead atoms. The number of carbonyl (C=O) groups is 4. The van der Waals surface area contributed by atoms with Crippen LogP contribution in [0.2, 0.25) is 0 Å². The van der Waals surface area contributed by atoms with Gasteiger partial charge in [0.25, 0.3) is 11.3 Å². The monoisotopic (exact) mass is 897 g/mol. The number of rotatable bonds is 43. The molecule has 62 heavy (non-hydrogen) atoms. The minimum Gasteiger partial charge on any atom is -0.466 e. The van der Waals surface area contributed by atoms with E-state index in [0.29, 0.717) is 45.4 Å². The van der Waals surface area contributed by atoms with Crippen LogP contribution in [0.25, 0.3) is 0 Å². The van der Waals surface area contributed by atoms with E-state index in [1.54, 1.807) is 0 Å². The van der Waals surface area contributed by atoms with Crippen LogP contribution in [0.3, 0.4) is 0 Å². The highest BCUT2D eigenvalue weighted by atomic mass is 32.1. The number of unbranched alkanes of at least 4 members (excludes halogenated alkanes) is 24. The zero-order chi connectivity index (χ0) is 45.0. The number of ether oxygens (including phenoxy) is 5. The summed E-state index contributed by atoms with van der Waals surface area (Å²) in [6.45, 7) is 9.43. The van der Waals surface area contributed by atoms with E-state index < -0.39 is 18.0 Å². The quantitative estimate of drug-likeness (QED) is 0.0206. The fourth-order valence-corrected chi connectivity index (χ4v) is 7.86. The number of hydrogen-bond acceptors (Lipinski definition) is 11. The molecule has 0 amide bonds. The summed E-state index contributed by atoms with van der Waals surface area (Å²) in [5.41, 5.74) is 0. The first-order chi connectivity index (χ1) is 30.4. The van der Waals surface area contributed by atoms with Gasteiger partial charge in [-0.25, -0.2) is 9.59 Å². The van der Waals surface area contributed by atoms with Gasteiger partial charge in [0, 0.05) is 19.4 Å². The lowest BCUT2D eigenvalue weighted by Crippen LogP contribution is -2.41. The molecule has 0 atom stereocenters. The largest absolute Gasteiger partial charge is 0.466 e. The lowest BCUT2D eigenvalue weighted by molar-refractivity contribution is -0.167. The van der Waals surface area contributed by atoms with E-state index in [-0.39, 0.29) is 30.3 Å². The van der Waals surface area contributed by atoms with Crippen LogP contribution in [-0.4, -0.2) is 92.7 Å². The number of nitrogens with zero attached hydrogens (tertiary/aromatic N) is 1. The SMILES string of the molecule is CCCCCCCCCCCC(=O)OCCCCCCCOC(=O)C(OC(=S)NCCCN1CCCCC1)C(=O)OCCCCCCCOC(=O)CCCCCCCCCCC. The standard InChI is InChI=1S/C50H92N2O9S/c1-3-5-7-9-11-13-15-19-26-35-45(53)57-41-30-21-17-23-32-43-59-48(55)47(61-50(62)51-37-34-40-52-38-28-25-29-39-52)49(56)60-44-33-24-18-22-31-42-58-46(54)36-27-20-16-14-12-10-8-6-4-2/h47H,3-44H2,1-2H3,(H,51,62). The minimum absolute atomic E-state index is 0.0229. The highest BCUT2D eigenvalue weighted by Crippen LogP contribution is 2.14. The Morgan fingerprint density at radius 1 is 0.468 bits per heavy atom. The van der Waals surface area contributed by atoms with Gasteiger partial charge in [0.15, 0.2) is 0 Å². The van der Waals surface area contributed by atoms with Crippen molar-refractivity contribution in [2.75, 3.05) is 52.6 Å². The predicted octanol–water partition coefficient (Wildman–Crippen LogP) is 12.0. The fourth-order valence-electron chi connectivity index (χ4n) is 7.66. The molecule has 1 aliphatic rings. The molecule has 1 saturated heterocycles. The number of likely N-dealkylation sites (tertiary alicyclic amines) is 1. The van der Waals surface area contributed by atoms with Crippen molar-refractivity contribution in [3.05, 3.63) is 0 Å². The number of hydrogen-bond donors (Lipinski definition) is 1. The summed E-state index contributed by atoms with van der Waals surface area (Å²) < 4.78 is 27.4. The van der Waals surface area contributed by atoms with Crippen molar-refractivity contribution in [3.63, 3.8) is 0 Å². The predicted molar refractivity (Wildman–Crippen MR) is 254 cm³/mol. The van der Waals surface area contributed by atoms with Crippen molar-refractivity contribution in [2.24, 2.45) is 0 Å². The molecule has 362 valence electrons. The molecular formula is C50H92N2O9S. The maximum atomic E-state index is 13.1. The fraction of sp³-hybridized carbons (Fsp3) is 0.900. The lowest BCUT2D eigenvalue weighted by atomic mass is 10.1. The molecular weight excluding hydrogens is 805 g/mol. The molecule has 1 N–H and O–H groups in total. The third kappa shape index (κ3) is 37.0. The van der Waals surface area contributed by atoms with Crippen molar-refractivity contribution in [1.29, 1.82) is 0 Å². The highest BCUT2D eigenvalue weighted by Gasteiger charge is 2.33. The normalized spacial score (nSPS) is 12.9. The van der Waals surface area contributed by atoms with E-state index in [4.69, 9.17) is 35.9 Å². The van der Waals surface area contributed by atoms with Gasteiger partial charge in [0.05, 0.1) is 26.4 Å². The summed E-state index contributed by atoms with van der Waals surface area (Å²) in [6, 6.07) is 0. The first-order valence-corrected chi connectivity index (χ1v) is 26.1. The Hall–Kier alpha value is -2.47. The van der Waals surface area contributed by atoms with Crippen LogP contribution in [0.4, 0.5) is 0 Å². The average Bonchev–Trinajstić information content (AvgIpc) is 3.27. The van der Waals surface area contributed by atoms with E-state index in [1.165, 1.54) is 109 Å². The van der Waals surface area contributed by atoms with Gasteiger partial charge in [-0.15, -0.1) is 0 Å². The van der Waals surface area contributed by atoms with E-state index in [2.05, 4.69) is 24.1 Å². The third-order valence-electron chi connectivity index (χ3n) is 11.6. The number of nitrogens with one attached hydrogen (secondary N) is 1. The van der Waals surface area contributed by atoms with Crippen LogP contribution < -0.4 is 5.32 Å². The molecule has 12 heteroatoms. The van der Waals surface area contributed by atoms with E-state index in [9.17, 15) is 19.2 Å². The van der Waals surface area contributed by atoms with Crippen LogP contribution >= 0.6 is 12.2 Å². The Morgan fingerprint density at radius 2 is 0.823 bits per heavy atom. The third-order valence-corrected chi connectivity index (χ3v) is 11.8. The topological polar surface area (TPSA) is 130 Å². The summed E-state index contributed by atoms with van der Waals surface area (Å²) in [4.78, 5) is 52.7. The zero-order valence-corrected chi connectivity index (χ0v) is 40.6. The van der Waals surface area contributed by atoms with Crippen LogP contribution in [0, 0.1) is 0 Å². The Morgan fingerprint density at radius 3 is 1.23 bits per heavy atom. The van der Waals surface area contributed by atoms with Gasteiger partial charge < -0.3 is 33.9 Å². The average molecular weight is 897 g/mol. The van der Waals surface area contributed by atoms with E-state index in [1.807, 2.05) is 0 Å². The van der Waals surface area contributed by atoms with Gasteiger partial charge in [-0.2, -0.15) is 0 Å². The number of piperidine rings is 1. The Kier molecular flexibility index (Phi) is 40.6. The smallest absolute Gasteiger partial charge is 0.359 e. The molecule has 0 radical (unpaired) electrons. The summed E-state index contributed by atoms with van der Waals surface area (Å²) in [5.74, 6) is -1.82. The van der Waals surface area contributed by atoms with Gasteiger partial charge in [0.2, 0.25) is 0 Å². The van der Waals surface area contributed by atoms with Gasteiger partial charge in [-0.05, 0) is 89.6 Å². The first kappa shape index (κ1) is 57.5. The van der Waals surface area contributed by atoms with Crippen molar-refractivity contribution in [1.82, 2.24) is 10.2 Å². The number of thiocarbonyl (C=S) groups is 1. The van der Waals surface area contributed by atoms with Crippen molar-refractivity contribution in [2.45, 2.75) is 238 Å². The van der Waals surface area contributed by atoms with E-state index >= 15 is 0 Å². The van der Waals surface area contributed by atoms with Crippen molar-refractivity contribution in [3.8, 4) is 0 Å². The second-order valence-corrected chi connectivity index (χ2v) is 17.8.